The van der Waals surface area contributed by atoms with Crippen molar-refractivity contribution in [2.24, 2.45) is 5.73 Å². The molecule has 4 nitrogen and oxygen atoms in total. The minimum atomic E-state index is -0.0644. The third-order valence-electron chi connectivity index (χ3n) is 4.39. The summed E-state index contributed by atoms with van der Waals surface area (Å²) in [6.45, 7) is 3.16. The monoisotopic (exact) mass is 272 g/mol. The molecule has 0 saturated heterocycles. The summed E-state index contributed by atoms with van der Waals surface area (Å²) in [4.78, 5) is 9.29. The van der Waals surface area contributed by atoms with Gasteiger partial charge in [0.15, 0.2) is 5.65 Å². The fourth-order valence-electron chi connectivity index (χ4n) is 3.35. The van der Waals surface area contributed by atoms with E-state index in [1.165, 1.54) is 19.3 Å². The van der Waals surface area contributed by atoms with E-state index in [0.717, 1.165) is 49.2 Å². The Balaban J connectivity index is 1.95. The van der Waals surface area contributed by atoms with Gasteiger partial charge in [-0.3, -0.25) is 0 Å². The molecule has 2 N–H and O–H groups in total. The fraction of sp³-hybridized carbons (Fsp3) is 0.625. The predicted molar refractivity (Wildman–Crippen MR) is 81.5 cm³/mol. The van der Waals surface area contributed by atoms with Gasteiger partial charge in [0.2, 0.25) is 0 Å². The number of hydrogen-bond acceptors (Lipinski definition) is 3. The van der Waals surface area contributed by atoms with Crippen LogP contribution in [-0.4, -0.2) is 20.1 Å². The van der Waals surface area contributed by atoms with E-state index < -0.39 is 0 Å². The first-order valence-electron chi connectivity index (χ1n) is 7.81. The Morgan fingerprint density at radius 1 is 1.30 bits per heavy atom. The third kappa shape index (κ3) is 2.57. The summed E-state index contributed by atoms with van der Waals surface area (Å²) < 4.78 is 2.26. The molecule has 1 aliphatic rings. The number of aromatic nitrogens is 3. The summed E-state index contributed by atoms with van der Waals surface area (Å²) in [5.41, 5.74) is 8.54. The summed E-state index contributed by atoms with van der Waals surface area (Å²) in [7, 11) is 0. The molecule has 3 rings (SSSR count). The molecule has 0 bridgehead atoms. The quantitative estimate of drug-likeness (QED) is 0.930. The first kappa shape index (κ1) is 13.6. The topological polar surface area (TPSA) is 56.7 Å². The van der Waals surface area contributed by atoms with Gasteiger partial charge in [-0.05, 0) is 31.4 Å². The summed E-state index contributed by atoms with van der Waals surface area (Å²) in [5.74, 6) is 1.12. The zero-order chi connectivity index (χ0) is 14.0. The molecule has 1 saturated carbocycles. The van der Waals surface area contributed by atoms with Crippen molar-refractivity contribution in [1.29, 1.82) is 0 Å². The van der Waals surface area contributed by atoms with Gasteiger partial charge in [-0.1, -0.05) is 26.2 Å². The lowest BCUT2D eigenvalue weighted by atomic mass is 9.80. The van der Waals surface area contributed by atoms with Gasteiger partial charge in [0.25, 0.3) is 0 Å². The zero-order valence-electron chi connectivity index (χ0n) is 12.3. The second-order valence-corrected chi connectivity index (χ2v) is 6.13. The van der Waals surface area contributed by atoms with E-state index in [1.54, 1.807) is 0 Å². The van der Waals surface area contributed by atoms with E-state index in [2.05, 4.69) is 16.5 Å². The Labute approximate surface area is 120 Å². The summed E-state index contributed by atoms with van der Waals surface area (Å²) in [6.07, 6.45) is 9.89. The highest BCUT2D eigenvalue weighted by Gasteiger charge is 2.29. The SMILES string of the molecule is CCCn1c(CC2(N)CCCCC2)nc2cccnc21. The number of nitrogens with zero attached hydrogens (tertiary/aromatic N) is 3. The van der Waals surface area contributed by atoms with Gasteiger partial charge in [-0.15, -0.1) is 0 Å². The third-order valence-corrected chi connectivity index (χ3v) is 4.39. The lowest BCUT2D eigenvalue weighted by Gasteiger charge is -2.33. The van der Waals surface area contributed by atoms with Crippen LogP contribution in [-0.2, 0) is 13.0 Å². The lowest BCUT2D eigenvalue weighted by Crippen LogP contribution is -2.44. The van der Waals surface area contributed by atoms with Gasteiger partial charge in [0.05, 0.1) is 0 Å². The Morgan fingerprint density at radius 2 is 2.10 bits per heavy atom. The summed E-state index contributed by atoms with van der Waals surface area (Å²) >= 11 is 0. The van der Waals surface area contributed by atoms with Crippen molar-refractivity contribution in [1.82, 2.24) is 14.5 Å². The van der Waals surface area contributed by atoms with Crippen LogP contribution in [0.15, 0.2) is 18.3 Å². The average molecular weight is 272 g/mol. The molecule has 4 heteroatoms. The van der Waals surface area contributed by atoms with Crippen LogP contribution in [0.1, 0.15) is 51.3 Å². The fourth-order valence-corrected chi connectivity index (χ4v) is 3.35. The number of hydrogen-bond donors (Lipinski definition) is 1. The second kappa shape index (κ2) is 5.52. The van der Waals surface area contributed by atoms with Gasteiger partial charge in [-0.25, -0.2) is 9.97 Å². The van der Waals surface area contributed by atoms with Crippen molar-refractivity contribution < 1.29 is 0 Å². The van der Waals surface area contributed by atoms with Gasteiger partial charge in [0.1, 0.15) is 11.3 Å². The summed E-state index contributed by atoms with van der Waals surface area (Å²) in [6, 6.07) is 4.00. The van der Waals surface area contributed by atoms with Crippen molar-refractivity contribution in [3.05, 3.63) is 24.2 Å². The highest BCUT2D eigenvalue weighted by molar-refractivity contribution is 5.71. The Hall–Kier alpha value is -1.42. The molecule has 108 valence electrons. The van der Waals surface area contributed by atoms with Crippen molar-refractivity contribution in [2.75, 3.05) is 0 Å². The number of nitrogens with two attached hydrogens (primary N) is 1. The molecule has 2 heterocycles. The smallest absolute Gasteiger partial charge is 0.159 e. The number of imidazole rings is 1. The maximum atomic E-state index is 6.60. The first-order valence-corrected chi connectivity index (χ1v) is 7.81. The highest BCUT2D eigenvalue weighted by atomic mass is 15.1. The van der Waals surface area contributed by atoms with Crippen LogP contribution in [0.3, 0.4) is 0 Å². The number of rotatable bonds is 4. The number of fused-ring (bicyclic) bond motifs is 1. The maximum Gasteiger partial charge on any atom is 0.159 e. The molecule has 0 atom stereocenters. The van der Waals surface area contributed by atoms with E-state index in [9.17, 15) is 0 Å². The maximum absolute atomic E-state index is 6.60. The second-order valence-electron chi connectivity index (χ2n) is 6.13. The van der Waals surface area contributed by atoms with Crippen LogP contribution in [0.25, 0.3) is 11.2 Å². The van der Waals surface area contributed by atoms with Gasteiger partial charge in [0, 0.05) is 24.7 Å². The van der Waals surface area contributed by atoms with Crippen LogP contribution < -0.4 is 5.73 Å². The van der Waals surface area contributed by atoms with Crippen molar-refractivity contribution in [2.45, 2.75) is 64.0 Å². The Kier molecular flexibility index (Phi) is 3.74. The number of aryl methyl sites for hydroxylation is 1. The minimum absolute atomic E-state index is 0.0644. The normalized spacial score (nSPS) is 18.5. The Bertz CT molecular complexity index is 581. The molecule has 0 aromatic carbocycles. The molecule has 0 radical (unpaired) electrons. The molecular weight excluding hydrogens is 248 g/mol. The van der Waals surface area contributed by atoms with Crippen LogP contribution >= 0.6 is 0 Å². The minimum Gasteiger partial charge on any atom is -0.325 e. The van der Waals surface area contributed by atoms with Crippen LogP contribution in [0.2, 0.25) is 0 Å². The van der Waals surface area contributed by atoms with E-state index in [0.29, 0.717) is 0 Å². The molecule has 0 spiro atoms. The van der Waals surface area contributed by atoms with Crippen molar-refractivity contribution in [3.63, 3.8) is 0 Å². The molecule has 1 fully saturated rings. The standard InChI is InChI=1S/C16H24N4/c1-2-11-20-14(12-16(17)8-4-3-5-9-16)19-13-7-6-10-18-15(13)20/h6-7,10H,2-5,8-9,11-12,17H2,1H3. The molecular formula is C16H24N4. The van der Waals surface area contributed by atoms with Crippen LogP contribution in [0, 0.1) is 0 Å². The molecule has 0 amide bonds. The average Bonchev–Trinajstić information content (AvgIpc) is 2.77. The molecule has 2 aromatic rings. The highest BCUT2D eigenvalue weighted by Crippen LogP contribution is 2.29. The zero-order valence-corrected chi connectivity index (χ0v) is 12.3. The lowest BCUT2D eigenvalue weighted by molar-refractivity contribution is 0.287. The largest absolute Gasteiger partial charge is 0.325 e. The number of pyridine rings is 1. The van der Waals surface area contributed by atoms with Crippen LogP contribution in [0.5, 0.6) is 0 Å². The first-order chi connectivity index (χ1) is 9.72. The van der Waals surface area contributed by atoms with Crippen molar-refractivity contribution in [3.8, 4) is 0 Å². The molecule has 0 aliphatic heterocycles. The molecule has 1 aliphatic carbocycles. The van der Waals surface area contributed by atoms with E-state index in [4.69, 9.17) is 10.7 Å². The van der Waals surface area contributed by atoms with Crippen LogP contribution in [0.4, 0.5) is 0 Å². The van der Waals surface area contributed by atoms with Crippen molar-refractivity contribution >= 4 is 11.2 Å². The van der Waals surface area contributed by atoms with Gasteiger partial charge < -0.3 is 10.3 Å². The molecule has 20 heavy (non-hydrogen) atoms. The molecule has 0 unspecified atom stereocenters. The van der Waals surface area contributed by atoms with Gasteiger partial charge >= 0.3 is 0 Å². The van der Waals surface area contributed by atoms with E-state index in [-0.39, 0.29) is 5.54 Å². The Morgan fingerprint density at radius 3 is 2.85 bits per heavy atom. The van der Waals surface area contributed by atoms with E-state index in [1.807, 2.05) is 18.3 Å². The predicted octanol–water partition coefficient (Wildman–Crippen LogP) is 3.05. The van der Waals surface area contributed by atoms with Gasteiger partial charge in [-0.2, -0.15) is 0 Å². The molecule has 2 aromatic heterocycles. The summed E-state index contributed by atoms with van der Waals surface area (Å²) in [5, 5.41) is 0. The van der Waals surface area contributed by atoms with E-state index >= 15 is 0 Å².